The van der Waals surface area contributed by atoms with E-state index in [0.717, 1.165) is 16.7 Å². The second-order valence-electron chi connectivity index (χ2n) is 8.35. The Hall–Kier alpha value is -2.60. The van der Waals surface area contributed by atoms with Gasteiger partial charge in [-0.05, 0) is 23.6 Å². The maximum atomic E-state index is 14.0. The number of carbonyl (C=O) groups excluding carboxylic acids is 1. The normalized spacial score (nSPS) is 34.0. The van der Waals surface area contributed by atoms with E-state index in [2.05, 4.69) is 31.2 Å². The summed E-state index contributed by atoms with van der Waals surface area (Å²) in [7, 11) is 0. The third-order valence-corrected chi connectivity index (χ3v) is 8.03. The summed E-state index contributed by atoms with van der Waals surface area (Å²) < 4.78 is 13.3. The van der Waals surface area contributed by atoms with Crippen LogP contribution in [0.4, 0.5) is 0 Å². The van der Waals surface area contributed by atoms with E-state index in [1.54, 1.807) is 11.8 Å². The number of hydrogen-bond donors (Lipinski definition) is 0. The molecule has 4 fully saturated rings. The van der Waals surface area contributed by atoms with Crippen molar-refractivity contribution in [2.75, 3.05) is 0 Å². The maximum Gasteiger partial charge on any atom is 0.309 e. The predicted molar refractivity (Wildman–Crippen MR) is 120 cm³/mol. The first-order valence-corrected chi connectivity index (χ1v) is 11.6. The fraction of sp³-hybridized carbons (Fsp3) is 0.269. The summed E-state index contributed by atoms with van der Waals surface area (Å²) in [4.78, 5) is 15.8. The third-order valence-electron chi connectivity index (χ3n) is 6.53. The van der Waals surface area contributed by atoms with E-state index in [9.17, 15) is 4.79 Å². The molecule has 31 heavy (non-hydrogen) atoms. The van der Waals surface area contributed by atoms with E-state index in [1.807, 2.05) is 71.6 Å². The predicted octanol–water partition coefficient (Wildman–Crippen LogP) is 5.46. The smallest absolute Gasteiger partial charge is 0.309 e. The van der Waals surface area contributed by atoms with Gasteiger partial charge in [0, 0.05) is 0 Å². The van der Waals surface area contributed by atoms with Gasteiger partial charge in [-0.1, -0.05) is 103 Å². The number of hydrogen-bond acceptors (Lipinski definition) is 4. The molecule has 0 aromatic heterocycles. The van der Waals surface area contributed by atoms with Gasteiger partial charge in [0.2, 0.25) is 5.91 Å². The van der Waals surface area contributed by atoms with Crippen molar-refractivity contribution in [2.45, 2.75) is 35.7 Å². The van der Waals surface area contributed by atoms with E-state index in [-0.39, 0.29) is 35.3 Å². The minimum absolute atomic E-state index is 0.0365. The van der Waals surface area contributed by atoms with Crippen LogP contribution in [-0.4, -0.2) is 22.1 Å². The topological polar surface area (TPSA) is 38.8 Å². The van der Waals surface area contributed by atoms with Crippen molar-refractivity contribution >= 4 is 17.7 Å². The van der Waals surface area contributed by atoms with Crippen LogP contribution in [-0.2, 0) is 14.3 Å². The van der Waals surface area contributed by atoms with Crippen molar-refractivity contribution in [3.63, 3.8) is 0 Å². The number of rotatable bonds is 3. The molecular weight excluding hydrogens is 406 g/mol. The van der Waals surface area contributed by atoms with E-state index < -0.39 is 5.24 Å². The van der Waals surface area contributed by atoms with Crippen molar-refractivity contribution in [1.82, 2.24) is 4.90 Å². The molecule has 0 radical (unpaired) electrons. The molecule has 6 unspecified atom stereocenters. The zero-order chi connectivity index (χ0) is 21.0. The van der Waals surface area contributed by atoms with Crippen molar-refractivity contribution in [3.05, 3.63) is 108 Å². The summed E-state index contributed by atoms with van der Waals surface area (Å²) >= 11 is 1.62. The molecular formula is C26H23NO3S. The highest BCUT2D eigenvalue weighted by atomic mass is 32.2. The summed E-state index contributed by atoms with van der Waals surface area (Å²) in [6, 6.07) is 30.3. The number of benzene rings is 3. The molecule has 4 aliphatic heterocycles. The second kappa shape index (κ2) is 7.23. The Morgan fingerprint density at radius 3 is 1.81 bits per heavy atom. The number of fused-ring (bicyclic) bond motifs is 2. The summed E-state index contributed by atoms with van der Waals surface area (Å²) in [5, 5.41) is -1.17. The van der Waals surface area contributed by atoms with E-state index in [0.29, 0.717) is 0 Å². The molecule has 1 spiro atoms. The second-order valence-corrected chi connectivity index (χ2v) is 9.61. The minimum atomic E-state index is -1.13. The first-order valence-electron chi connectivity index (χ1n) is 10.7. The number of amides is 1. The van der Waals surface area contributed by atoms with Gasteiger partial charge in [-0.2, -0.15) is 0 Å². The molecule has 4 saturated heterocycles. The molecule has 4 aliphatic rings. The van der Waals surface area contributed by atoms with Crippen LogP contribution in [0.25, 0.3) is 0 Å². The molecule has 7 rings (SSSR count). The lowest BCUT2D eigenvalue weighted by Gasteiger charge is -2.55. The van der Waals surface area contributed by atoms with Crippen LogP contribution in [0.5, 0.6) is 0 Å². The highest BCUT2D eigenvalue weighted by Crippen LogP contribution is 2.66. The quantitative estimate of drug-likeness (QED) is 0.554. The maximum absolute atomic E-state index is 14.0. The first kappa shape index (κ1) is 19.1. The van der Waals surface area contributed by atoms with Gasteiger partial charge in [0.15, 0.2) is 0 Å². The lowest BCUT2D eigenvalue weighted by atomic mass is 9.86. The monoisotopic (exact) mass is 429 g/mol. The number of thioether (sulfide) groups is 1. The van der Waals surface area contributed by atoms with Crippen molar-refractivity contribution in [3.8, 4) is 0 Å². The molecule has 3 aromatic rings. The van der Waals surface area contributed by atoms with Crippen LogP contribution in [0.2, 0.25) is 0 Å². The zero-order valence-corrected chi connectivity index (χ0v) is 17.9. The van der Waals surface area contributed by atoms with Crippen LogP contribution >= 0.6 is 11.8 Å². The van der Waals surface area contributed by atoms with Gasteiger partial charge in [0.1, 0.15) is 12.2 Å². The Bertz CT molecular complexity index is 1040. The van der Waals surface area contributed by atoms with Crippen LogP contribution in [0, 0.1) is 5.92 Å². The Balaban J connectivity index is 1.47. The molecule has 156 valence electrons. The van der Waals surface area contributed by atoms with Crippen LogP contribution in [0.1, 0.15) is 41.1 Å². The molecule has 0 saturated carbocycles. The van der Waals surface area contributed by atoms with Gasteiger partial charge in [0.25, 0.3) is 0 Å². The fourth-order valence-corrected chi connectivity index (χ4v) is 6.81. The van der Waals surface area contributed by atoms with Crippen molar-refractivity contribution in [1.29, 1.82) is 0 Å². The molecule has 6 atom stereocenters. The van der Waals surface area contributed by atoms with Crippen molar-refractivity contribution < 1.29 is 14.3 Å². The minimum Gasteiger partial charge on any atom is -0.315 e. The van der Waals surface area contributed by atoms with Crippen LogP contribution < -0.4 is 0 Å². The molecule has 0 N–H and O–H groups in total. The van der Waals surface area contributed by atoms with Gasteiger partial charge in [-0.25, -0.2) is 0 Å². The standard InChI is InChI=1S/C26H23NO3S/c1-17-22(18-11-5-2-6-12-18)29-26-27(17)25(28)21(23(30-26)19-13-7-3-8-14-19)24(31-26)20-15-9-4-10-16-20/h2-17,21-24H,1H3. The zero-order valence-electron chi connectivity index (χ0n) is 17.1. The van der Waals surface area contributed by atoms with Gasteiger partial charge >= 0.3 is 5.24 Å². The average Bonchev–Trinajstić information content (AvgIpc) is 3.13. The molecule has 4 nitrogen and oxygen atoms in total. The molecule has 4 heterocycles. The fourth-order valence-electron chi connectivity index (χ4n) is 5.10. The SMILES string of the molecule is CC1C(c2ccccc2)OC23OC(c4ccccc4)C(C(=O)N12)C(c1ccccc1)S3. The van der Waals surface area contributed by atoms with E-state index in [1.165, 1.54) is 0 Å². The van der Waals surface area contributed by atoms with E-state index >= 15 is 0 Å². The highest BCUT2D eigenvalue weighted by molar-refractivity contribution is 8.00. The number of ether oxygens (including phenoxy) is 2. The molecule has 5 heteroatoms. The molecule has 3 aromatic carbocycles. The Morgan fingerprint density at radius 1 is 0.742 bits per heavy atom. The third kappa shape index (κ3) is 2.88. The average molecular weight is 430 g/mol. The largest absolute Gasteiger partial charge is 0.315 e. The van der Waals surface area contributed by atoms with Gasteiger partial charge in [-0.3, -0.25) is 9.69 Å². The highest BCUT2D eigenvalue weighted by Gasteiger charge is 2.69. The summed E-state index contributed by atoms with van der Waals surface area (Å²) in [6.07, 6.45) is -0.583. The Kier molecular flexibility index (Phi) is 4.46. The lowest BCUT2D eigenvalue weighted by molar-refractivity contribution is -0.279. The van der Waals surface area contributed by atoms with Gasteiger partial charge < -0.3 is 9.47 Å². The lowest BCUT2D eigenvalue weighted by Crippen LogP contribution is -2.63. The molecule has 0 aliphatic carbocycles. The first-order chi connectivity index (χ1) is 15.2. The Morgan fingerprint density at radius 2 is 1.23 bits per heavy atom. The molecule has 2 bridgehead atoms. The number of nitrogens with zero attached hydrogens (tertiary/aromatic N) is 1. The van der Waals surface area contributed by atoms with Gasteiger partial charge in [-0.15, -0.1) is 0 Å². The summed E-state index contributed by atoms with van der Waals surface area (Å²) in [5.74, 6) is -0.198. The summed E-state index contributed by atoms with van der Waals surface area (Å²) in [5.41, 5.74) is 3.21. The van der Waals surface area contributed by atoms with Crippen LogP contribution in [0.3, 0.4) is 0 Å². The van der Waals surface area contributed by atoms with Gasteiger partial charge in [0.05, 0.1) is 17.2 Å². The van der Waals surface area contributed by atoms with Crippen molar-refractivity contribution in [2.24, 2.45) is 5.92 Å². The molecule has 1 amide bonds. The number of carbonyl (C=O) groups is 1. The summed E-state index contributed by atoms with van der Waals surface area (Å²) in [6.45, 7) is 2.06. The van der Waals surface area contributed by atoms with Crippen LogP contribution in [0.15, 0.2) is 91.0 Å². The Labute approximate surface area is 186 Å². The van der Waals surface area contributed by atoms with E-state index in [4.69, 9.17) is 9.47 Å².